The topological polar surface area (TPSA) is 133 Å². The average Bonchev–Trinajstić information content (AvgIpc) is 2.60. The predicted molar refractivity (Wildman–Crippen MR) is 103 cm³/mol. The fourth-order valence-electron chi connectivity index (χ4n) is 2.82. The molecule has 0 radical (unpaired) electrons. The van der Waals surface area contributed by atoms with Crippen molar-refractivity contribution in [3.63, 3.8) is 0 Å². The molecule has 0 aliphatic carbocycles. The molecular weight excluding hydrogens is 364 g/mol. The van der Waals surface area contributed by atoms with E-state index >= 15 is 0 Å². The number of amides is 2. The molecule has 0 saturated heterocycles. The highest BCUT2D eigenvalue weighted by Gasteiger charge is 2.23. The summed E-state index contributed by atoms with van der Waals surface area (Å²) >= 11 is 0. The summed E-state index contributed by atoms with van der Waals surface area (Å²) in [5.74, 6) is -3.60. The maximum absolute atomic E-state index is 12.2. The van der Waals surface area contributed by atoms with Crippen LogP contribution in [0, 0.1) is 11.8 Å². The Morgan fingerprint density at radius 1 is 1.04 bits per heavy atom. The maximum Gasteiger partial charge on any atom is 0.326 e. The standard InChI is InChI=1S/C20H28N2O6/c1-13(2)10-15(12-18(24)25)19(26)21-9-8-17(23)22-16(20(27)28)11-14-6-4-3-5-7-14/h3-7,13,15-16H,8-12H2,1-2H3,(H,21,26)(H,22,23)(H,24,25)(H,27,28)/t15?,16-/m1/s1. The summed E-state index contributed by atoms with van der Waals surface area (Å²) in [5, 5.41) is 23.2. The number of rotatable bonds is 12. The molecule has 0 aliphatic heterocycles. The fourth-order valence-corrected chi connectivity index (χ4v) is 2.82. The quantitative estimate of drug-likeness (QED) is 0.425. The number of benzene rings is 1. The van der Waals surface area contributed by atoms with Gasteiger partial charge >= 0.3 is 11.9 Å². The Labute approximate surface area is 164 Å². The summed E-state index contributed by atoms with van der Waals surface area (Å²) < 4.78 is 0. The van der Waals surface area contributed by atoms with E-state index in [1.165, 1.54) is 0 Å². The first-order valence-corrected chi connectivity index (χ1v) is 9.24. The van der Waals surface area contributed by atoms with Crippen molar-refractivity contribution < 1.29 is 29.4 Å². The van der Waals surface area contributed by atoms with E-state index in [1.807, 2.05) is 19.9 Å². The molecule has 1 aromatic carbocycles. The highest BCUT2D eigenvalue weighted by atomic mass is 16.4. The molecule has 0 aliphatic rings. The first-order chi connectivity index (χ1) is 13.2. The second kappa shape index (κ2) is 11.7. The zero-order chi connectivity index (χ0) is 21.1. The Morgan fingerprint density at radius 2 is 1.68 bits per heavy atom. The highest BCUT2D eigenvalue weighted by molar-refractivity contribution is 5.85. The Bertz CT molecular complexity index is 675. The SMILES string of the molecule is CC(C)CC(CC(=O)O)C(=O)NCCC(=O)N[C@H](Cc1ccccc1)C(=O)O. The Hall–Kier alpha value is -2.90. The molecule has 0 heterocycles. The van der Waals surface area contributed by atoms with Gasteiger partial charge in [0.2, 0.25) is 11.8 Å². The minimum atomic E-state index is -1.14. The highest BCUT2D eigenvalue weighted by Crippen LogP contribution is 2.15. The van der Waals surface area contributed by atoms with Gasteiger partial charge < -0.3 is 20.8 Å². The van der Waals surface area contributed by atoms with E-state index in [1.54, 1.807) is 24.3 Å². The third-order valence-corrected chi connectivity index (χ3v) is 4.11. The summed E-state index contributed by atoms with van der Waals surface area (Å²) in [6.45, 7) is 3.80. The van der Waals surface area contributed by atoms with Gasteiger partial charge in [0.05, 0.1) is 6.42 Å². The fraction of sp³-hybridized carbons (Fsp3) is 0.500. The smallest absolute Gasteiger partial charge is 0.326 e. The summed E-state index contributed by atoms with van der Waals surface area (Å²) in [7, 11) is 0. The number of nitrogens with one attached hydrogen (secondary N) is 2. The van der Waals surface area contributed by atoms with Gasteiger partial charge in [-0.2, -0.15) is 0 Å². The van der Waals surface area contributed by atoms with Crippen molar-refractivity contribution in [1.82, 2.24) is 10.6 Å². The minimum absolute atomic E-state index is 0.0105. The molecule has 8 heteroatoms. The molecule has 1 rings (SSSR count). The van der Waals surface area contributed by atoms with Gasteiger partial charge in [-0.15, -0.1) is 0 Å². The van der Waals surface area contributed by atoms with Crippen LogP contribution in [-0.2, 0) is 25.6 Å². The van der Waals surface area contributed by atoms with Gasteiger partial charge in [0.25, 0.3) is 0 Å². The van der Waals surface area contributed by atoms with E-state index in [2.05, 4.69) is 10.6 Å². The number of hydrogen-bond donors (Lipinski definition) is 4. The van der Waals surface area contributed by atoms with E-state index in [4.69, 9.17) is 5.11 Å². The lowest BCUT2D eigenvalue weighted by Crippen LogP contribution is -2.43. The molecule has 8 nitrogen and oxygen atoms in total. The second-order valence-electron chi connectivity index (χ2n) is 7.11. The Balaban J connectivity index is 2.49. The van der Waals surface area contributed by atoms with Gasteiger partial charge in [0.15, 0.2) is 0 Å². The van der Waals surface area contributed by atoms with Gasteiger partial charge in [0, 0.05) is 25.3 Å². The third kappa shape index (κ3) is 9.16. The number of carbonyl (C=O) groups is 4. The molecule has 0 saturated carbocycles. The lowest BCUT2D eigenvalue weighted by atomic mass is 9.93. The molecule has 0 bridgehead atoms. The van der Waals surface area contributed by atoms with Crippen LogP contribution in [0.15, 0.2) is 30.3 Å². The number of aliphatic carboxylic acids is 2. The van der Waals surface area contributed by atoms with E-state index < -0.39 is 35.7 Å². The third-order valence-electron chi connectivity index (χ3n) is 4.11. The Kier molecular flexibility index (Phi) is 9.70. The molecule has 1 unspecified atom stereocenters. The van der Waals surface area contributed by atoms with E-state index in [9.17, 15) is 24.3 Å². The first kappa shape index (κ1) is 23.1. The monoisotopic (exact) mass is 392 g/mol. The summed E-state index contributed by atoms with van der Waals surface area (Å²) in [6, 6.07) is 7.88. The van der Waals surface area contributed by atoms with Crippen molar-refractivity contribution >= 4 is 23.8 Å². The zero-order valence-corrected chi connectivity index (χ0v) is 16.2. The predicted octanol–water partition coefficient (Wildman–Crippen LogP) is 1.44. The van der Waals surface area contributed by atoms with Gasteiger partial charge in [-0.1, -0.05) is 44.2 Å². The first-order valence-electron chi connectivity index (χ1n) is 9.24. The summed E-state index contributed by atoms with van der Waals surface area (Å²) in [6.07, 6.45) is 0.228. The van der Waals surface area contributed by atoms with Crippen LogP contribution >= 0.6 is 0 Å². The lowest BCUT2D eigenvalue weighted by molar-refractivity contribution is -0.141. The van der Waals surface area contributed by atoms with Crippen molar-refractivity contribution in [1.29, 1.82) is 0 Å². The van der Waals surface area contributed by atoms with Crippen LogP contribution in [0.1, 0.15) is 38.7 Å². The van der Waals surface area contributed by atoms with E-state index in [0.717, 1.165) is 5.56 Å². The van der Waals surface area contributed by atoms with Crippen molar-refractivity contribution in [2.45, 2.75) is 45.6 Å². The molecule has 28 heavy (non-hydrogen) atoms. The molecular formula is C20H28N2O6. The average molecular weight is 392 g/mol. The molecule has 154 valence electrons. The Morgan fingerprint density at radius 3 is 2.21 bits per heavy atom. The van der Waals surface area contributed by atoms with Crippen LogP contribution in [-0.4, -0.2) is 46.6 Å². The van der Waals surface area contributed by atoms with Crippen LogP contribution in [0.5, 0.6) is 0 Å². The van der Waals surface area contributed by atoms with Crippen LogP contribution in [0.4, 0.5) is 0 Å². The van der Waals surface area contributed by atoms with Crippen molar-refractivity contribution in [2.75, 3.05) is 6.54 Å². The maximum atomic E-state index is 12.2. The lowest BCUT2D eigenvalue weighted by Gasteiger charge is -2.17. The molecule has 0 spiro atoms. The van der Waals surface area contributed by atoms with E-state index in [0.29, 0.717) is 6.42 Å². The van der Waals surface area contributed by atoms with Gasteiger partial charge in [0.1, 0.15) is 6.04 Å². The van der Waals surface area contributed by atoms with Crippen molar-refractivity contribution in [3.8, 4) is 0 Å². The van der Waals surface area contributed by atoms with Crippen molar-refractivity contribution in [2.24, 2.45) is 11.8 Å². The summed E-state index contributed by atoms with van der Waals surface area (Å²) in [5.41, 5.74) is 0.786. The number of carboxylic acids is 2. The molecule has 1 aromatic rings. The molecule has 0 fully saturated rings. The van der Waals surface area contributed by atoms with Gasteiger partial charge in [-0.3, -0.25) is 14.4 Å². The van der Waals surface area contributed by atoms with Crippen LogP contribution in [0.2, 0.25) is 0 Å². The minimum Gasteiger partial charge on any atom is -0.481 e. The normalized spacial score (nSPS) is 12.8. The van der Waals surface area contributed by atoms with E-state index in [-0.39, 0.29) is 31.7 Å². The molecule has 2 atom stereocenters. The van der Waals surface area contributed by atoms with Crippen molar-refractivity contribution in [3.05, 3.63) is 35.9 Å². The number of hydrogen-bond acceptors (Lipinski definition) is 4. The van der Waals surface area contributed by atoms with Crippen LogP contribution in [0.25, 0.3) is 0 Å². The second-order valence-corrected chi connectivity index (χ2v) is 7.11. The van der Waals surface area contributed by atoms with Gasteiger partial charge in [-0.05, 0) is 17.9 Å². The largest absolute Gasteiger partial charge is 0.481 e. The number of carboxylic acid groups (broad SMARTS) is 2. The van der Waals surface area contributed by atoms with Crippen LogP contribution < -0.4 is 10.6 Å². The van der Waals surface area contributed by atoms with Crippen LogP contribution in [0.3, 0.4) is 0 Å². The van der Waals surface area contributed by atoms with Gasteiger partial charge in [-0.25, -0.2) is 4.79 Å². The zero-order valence-electron chi connectivity index (χ0n) is 16.2. The molecule has 4 N–H and O–H groups in total. The number of carbonyl (C=O) groups excluding carboxylic acids is 2. The summed E-state index contributed by atoms with van der Waals surface area (Å²) in [4.78, 5) is 46.5. The molecule has 0 aromatic heterocycles. The molecule has 2 amide bonds.